The van der Waals surface area contributed by atoms with Crippen LogP contribution >= 0.6 is 24.0 Å². The predicted molar refractivity (Wildman–Crippen MR) is 71.9 cm³/mol. The zero-order valence-electron chi connectivity index (χ0n) is 8.34. The van der Waals surface area contributed by atoms with Gasteiger partial charge in [-0.1, -0.05) is 66.5 Å². The average molecular weight is 247 g/mol. The van der Waals surface area contributed by atoms with Crippen molar-refractivity contribution in [3.8, 4) is 0 Å². The molecule has 2 nitrogen and oxygen atoms in total. The van der Waals surface area contributed by atoms with E-state index in [-0.39, 0.29) is 5.91 Å². The van der Waals surface area contributed by atoms with Gasteiger partial charge in [0.2, 0.25) is 0 Å². The molecular weight excluding hydrogens is 238 g/mol. The minimum absolute atomic E-state index is 0.118. The summed E-state index contributed by atoms with van der Waals surface area (Å²) in [6.45, 7) is 0. The number of thioether (sulfide) groups is 1. The number of hydrogen-bond acceptors (Lipinski definition) is 3. The SMILES string of the molecule is O=C1NC(=S)SC1=CC=Cc1ccccc1. The molecule has 0 aliphatic carbocycles. The molecule has 0 bridgehead atoms. The fourth-order valence-electron chi connectivity index (χ4n) is 1.25. The zero-order valence-corrected chi connectivity index (χ0v) is 9.98. The van der Waals surface area contributed by atoms with Crippen molar-refractivity contribution in [1.29, 1.82) is 0 Å². The van der Waals surface area contributed by atoms with Gasteiger partial charge < -0.3 is 5.32 Å². The number of benzene rings is 1. The molecule has 2 rings (SSSR count). The molecule has 1 aromatic carbocycles. The van der Waals surface area contributed by atoms with Crippen molar-refractivity contribution in [3.63, 3.8) is 0 Å². The molecule has 1 amide bonds. The van der Waals surface area contributed by atoms with E-state index in [1.54, 1.807) is 6.08 Å². The Morgan fingerprint density at radius 3 is 2.62 bits per heavy atom. The first kappa shape index (κ1) is 11.1. The van der Waals surface area contributed by atoms with Gasteiger partial charge >= 0.3 is 0 Å². The van der Waals surface area contributed by atoms with Crippen molar-refractivity contribution in [1.82, 2.24) is 5.32 Å². The van der Waals surface area contributed by atoms with E-state index >= 15 is 0 Å². The number of hydrogen-bond donors (Lipinski definition) is 1. The summed E-state index contributed by atoms with van der Waals surface area (Å²) < 4.78 is 0.518. The van der Waals surface area contributed by atoms with Crippen LogP contribution in [0.1, 0.15) is 5.56 Å². The molecule has 0 atom stereocenters. The van der Waals surface area contributed by atoms with Gasteiger partial charge in [0.25, 0.3) is 5.91 Å². The first-order chi connectivity index (χ1) is 7.75. The lowest BCUT2D eigenvalue weighted by Crippen LogP contribution is -2.17. The number of allylic oxidation sites excluding steroid dienone is 2. The molecule has 1 aliphatic rings. The quantitative estimate of drug-likeness (QED) is 0.643. The molecule has 0 unspecified atom stereocenters. The van der Waals surface area contributed by atoms with Crippen LogP contribution in [-0.4, -0.2) is 10.2 Å². The molecule has 0 aromatic heterocycles. The number of carbonyl (C=O) groups excluding carboxylic acids is 1. The topological polar surface area (TPSA) is 29.1 Å². The molecule has 0 radical (unpaired) electrons. The van der Waals surface area contributed by atoms with Crippen molar-refractivity contribution < 1.29 is 4.79 Å². The van der Waals surface area contributed by atoms with Gasteiger partial charge in [0.05, 0.1) is 4.91 Å². The Bertz CT molecular complexity index is 477. The molecule has 1 aromatic rings. The molecule has 1 fully saturated rings. The van der Waals surface area contributed by atoms with Crippen LogP contribution in [0.15, 0.2) is 47.4 Å². The van der Waals surface area contributed by atoms with Crippen molar-refractivity contribution in [3.05, 3.63) is 53.0 Å². The minimum atomic E-state index is -0.118. The Balaban J connectivity index is 2.07. The van der Waals surface area contributed by atoms with Crippen molar-refractivity contribution in [2.75, 3.05) is 0 Å². The summed E-state index contributed by atoms with van der Waals surface area (Å²) in [7, 11) is 0. The van der Waals surface area contributed by atoms with Gasteiger partial charge in [0.1, 0.15) is 4.32 Å². The number of nitrogens with one attached hydrogen (secondary N) is 1. The van der Waals surface area contributed by atoms with Crippen LogP contribution in [0.3, 0.4) is 0 Å². The summed E-state index contributed by atoms with van der Waals surface area (Å²) in [5.74, 6) is -0.118. The fourth-order valence-corrected chi connectivity index (χ4v) is 2.24. The van der Waals surface area contributed by atoms with Crippen molar-refractivity contribution in [2.24, 2.45) is 0 Å². The molecule has 1 saturated heterocycles. The monoisotopic (exact) mass is 247 g/mol. The van der Waals surface area contributed by atoms with E-state index < -0.39 is 0 Å². The predicted octanol–water partition coefficient (Wildman–Crippen LogP) is 2.73. The second kappa shape index (κ2) is 5.09. The van der Waals surface area contributed by atoms with Gasteiger partial charge in [0.15, 0.2) is 0 Å². The molecule has 0 spiro atoms. The van der Waals surface area contributed by atoms with Gasteiger partial charge in [0, 0.05) is 0 Å². The molecule has 0 saturated carbocycles. The maximum Gasteiger partial charge on any atom is 0.263 e. The second-order valence-electron chi connectivity index (χ2n) is 3.14. The van der Waals surface area contributed by atoms with E-state index in [2.05, 4.69) is 5.32 Å². The van der Waals surface area contributed by atoms with Crippen LogP contribution < -0.4 is 5.32 Å². The summed E-state index contributed by atoms with van der Waals surface area (Å²) >= 11 is 6.17. The Hall–Kier alpha value is -1.39. The van der Waals surface area contributed by atoms with Crippen molar-refractivity contribution >= 4 is 40.3 Å². The van der Waals surface area contributed by atoms with E-state index in [0.29, 0.717) is 9.23 Å². The largest absolute Gasteiger partial charge is 0.307 e. The number of carbonyl (C=O) groups is 1. The summed E-state index contributed by atoms with van der Waals surface area (Å²) in [4.78, 5) is 11.9. The third-order valence-electron chi connectivity index (χ3n) is 1.98. The Labute approximate surface area is 103 Å². The summed E-state index contributed by atoms with van der Waals surface area (Å²) in [5, 5.41) is 2.57. The lowest BCUT2D eigenvalue weighted by atomic mass is 10.2. The standard InChI is InChI=1S/C12H9NOS2/c14-11-10(16-12(15)13-11)8-4-7-9-5-2-1-3-6-9/h1-8H,(H,13,14,15). The molecule has 16 heavy (non-hydrogen) atoms. The Morgan fingerprint density at radius 2 is 2.00 bits per heavy atom. The smallest absolute Gasteiger partial charge is 0.263 e. The third kappa shape index (κ3) is 2.81. The van der Waals surface area contributed by atoms with Crippen LogP contribution in [0.25, 0.3) is 6.08 Å². The molecule has 4 heteroatoms. The highest BCUT2D eigenvalue weighted by Gasteiger charge is 2.20. The van der Waals surface area contributed by atoms with Crippen molar-refractivity contribution in [2.45, 2.75) is 0 Å². The van der Waals surface area contributed by atoms with Crippen LogP contribution in [-0.2, 0) is 4.79 Å². The first-order valence-corrected chi connectivity index (χ1v) is 5.95. The van der Waals surface area contributed by atoms with Crippen LogP contribution in [0.5, 0.6) is 0 Å². The maximum atomic E-state index is 11.3. The number of rotatable bonds is 2. The lowest BCUT2D eigenvalue weighted by Gasteiger charge is -1.89. The molecule has 1 N–H and O–H groups in total. The van der Waals surface area contributed by atoms with Gasteiger partial charge in [-0.2, -0.15) is 0 Å². The van der Waals surface area contributed by atoms with Crippen LogP contribution in [0.2, 0.25) is 0 Å². The molecular formula is C12H9NOS2. The molecule has 80 valence electrons. The van der Waals surface area contributed by atoms with E-state index in [9.17, 15) is 4.79 Å². The zero-order chi connectivity index (χ0) is 11.4. The molecule has 1 aliphatic heterocycles. The van der Waals surface area contributed by atoms with Crippen LogP contribution in [0, 0.1) is 0 Å². The average Bonchev–Trinajstić information content (AvgIpc) is 2.59. The van der Waals surface area contributed by atoms with Gasteiger partial charge in [-0.25, -0.2) is 0 Å². The second-order valence-corrected chi connectivity index (χ2v) is 4.86. The summed E-state index contributed by atoms with van der Waals surface area (Å²) in [6, 6.07) is 9.91. The number of amides is 1. The van der Waals surface area contributed by atoms with Gasteiger partial charge in [-0.05, 0) is 11.6 Å². The van der Waals surface area contributed by atoms with E-state index in [1.807, 2.05) is 42.5 Å². The first-order valence-electron chi connectivity index (χ1n) is 4.72. The van der Waals surface area contributed by atoms with E-state index in [1.165, 1.54) is 11.8 Å². The summed E-state index contributed by atoms with van der Waals surface area (Å²) in [5.41, 5.74) is 1.10. The van der Waals surface area contributed by atoms with Crippen LogP contribution in [0.4, 0.5) is 0 Å². The minimum Gasteiger partial charge on any atom is -0.307 e. The fraction of sp³-hybridized carbons (Fsp3) is 0. The highest BCUT2D eigenvalue weighted by atomic mass is 32.2. The Kier molecular flexibility index (Phi) is 3.54. The van der Waals surface area contributed by atoms with Gasteiger partial charge in [-0.15, -0.1) is 0 Å². The van der Waals surface area contributed by atoms with Gasteiger partial charge in [-0.3, -0.25) is 4.79 Å². The summed E-state index contributed by atoms with van der Waals surface area (Å²) in [6.07, 6.45) is 5.57. The third-order valence-corrected chi connectivity index (χ3v) is 3.16. The highest BCUT2D eigenvalue weighted by Crippen LogP contribution is 2.23. The molecule has 1 heterocycles. The highest BCUT2D eigenvalue weighted by molar-refractivity contribution is 8.26. The maximum absolute atomic E-state index is 11.3. The van der Waals surface area contributed by atoms with E-state index in [4.69, 9.17) is 12.2 Å². The van der Waals surface area contributed by atoms with E-state index in [0.717, 1.165) is 5.56 Å². The lowest BCUT2D eigenvalue weighted by molar-refractivity contribution is -0.115. The Morgan fingerprint density at radius 1 is 1.25 bits per heavy atom. The normalized spacial score (nSPS) is 18.4. The number of thiocarbonyl (C=S) groups is 1.